The Morgan fingerprint density at radius 3 is 2.26 bits per heavy atom. The number of hydrogen-bond donors (Lipinski definition) is 2. The molecule has 2 aromatic carbocycles. The summed E-state index contributed by atoms with van der Waals surface area (Å²) in [7, 11) is 0. The summed E-state index contributed by atoms with van der Waals surface area (Å²) >= 11 is 8.65. The molecule has 0 saturated carbocycles. The van der Waals surface area contributed by atoms with Gasteiger partial charge in [0.2, 0.25) is 0 Å². The number of nitrogens with zero attached hydrogens (tertiary/aromatic N) is 1. The van der Waals surface area contributed by atoms with Crippen LogP contribution in [0.1, 0.15) is 54.3 Å². The molecule has 0 unspecified atom stereocenters. The molecule has 0 atom stereocenters. The number of carbonyl (C=O) groups is 2. The molecule has 2 N–H and O–H groups in total. The third-order valence-electron chi connectivity index (χ3n) is 4.38. The predicted octanol–water partition coefficient (Wildman–Crippen LogP) is 5.24. The van der Waals surface area contributed by atoms with Crippen LogP contribution < -0.4 is 15.4 Å². The molecule has 0 radical (unpaired) electrons. The van der Waals surface area contributed by atoms with Gasteiger partial charge in [-0.15, -0.1) is 0 Å². The lowest BCUT2D eigenvalue weighted by atomic mass is 10.1. The number of halogens is 1. The minimum absolute atomic E-state index is 0.0178. The molecule has 8 heteroatoms. The zero-order valence-corrected chi connectivity index (χ0v) is 20.4. The van der Waals surface area contributed by atoms with Crippen molar-refractivity contribution in [2.75, 3.05) is 25.0 Å². The van der Waals surface area contributed by atoms with E-state index in [0.29, 0.717) is 29.2 Å². The average molecular weight is 506 g/mol. The number of amides is 2. The Bertz CT molecular complexity index is 913. The van der Waals surface area contributed by atoms with Crippen molar-refractivity contribution in [1.29, 1.82) is 0 Å². The fraction of sp³-hybridized carbons (Fsp3) is 0.348. The normalized spacial score (nSPS) is 10.3. The lowest BCUT2D eigenvalue weighted by Gasteiger charge is -2.21. The lowest BCUT2D eigenvalue weighted by Crippen LogP contribution is -2.34. The van der Waals surface area contributed by atoms with Crippen molar-refractivity contribution in [3.8, 4) is 5.75 Å². The number of anilines is 1. The van der Waals surface area contributed by atoms with Gasteiger partial charge < -0.3 is 15.0 Å². The van der Waals surface area contributed by atoms with Crippen LogP contribution in [-0.4, -0.2) is 41.5 Å². The van der Waals surface area contributed by atoms with Crippen molar-refractivity contribution in [2.45, 2.75) is 33.6 Å². The number of ether oxygens (including phenoxy) is 1. The molecule has 166 valence electrons. The zero-order chi connectivity index (χ0) is 22.8. The van der Waals surface area contributed by atoms with Gasteiger partial charge in [-0.05, 0) is 74.4 Å². The standard InChI is InChI=1S/C23H28BrN3O3S/c1-4-13-27(14-5-2)22(29)16-7-10-18(11-8-16)25-23(31)26-21(28)19-15-17(24)9-12-20(19)30-6-3/h7-12,15H,4-6,13-14H2,1-3H3,(H2,25,26,28,31). The fourth-order valence-corrected chi connectivity index (χ4v) is 3.60. The largest absolute Gasteiger partial charge is 0.493 e. The van der Waals surface area contributed by atoms with Gasteiger partial charge in [-0.25, -0.2) is 0 Å². The van der Waals surface area contributed by atoms with E-state index in [-0.39, 0.29) is 16.9 Å². The van der Waals surface area contributed by atoms with E-state index in [1.54, 1.807) is 36.4 Å². The number of thiocarbonyl (C=S) groups is 1. The van der Waals surface area contributed by atoms with Crippen LogP contribution in [0, 0.1) is 0 Å². The number of nitrogens with one attached hydrogen (secondary N) is 2. The second-order valence-electron chi connectivity index (χ2n) is 6.85. The SMILES string of the molecule is CCCN(CCC)C(=O)c1ccc(NC(=S)NC(=O)c2cc(Br)ccc2OCC)cc1. The van der Waals surface area contributed by atoms with E-state index < -0.39 is 0 Å². The number of benzene rings is 2. The molecule has 0 saturated heterocycles. The molecular formula is C23H28BrN3O3S. The van der Waals surface area contributed by atoms with Gasteiger partial charge in [-0.2, -0.15) is 0 Å². The monoisotopic (exact) mass is 505 g/mol. The van der Waals surface area contributed by atoms with Crippen LogP contribution in [0.15, 0.2) is 46.9 Å². The minimum atomic E-state index is -0.371. The Morgan fingerprint density at radius 2 is 1.68 bits per heavy atom. The highest BCUT2D eigenvalue weighted by molar-refractivity contribution is 9.10. The van der Waals surface area contributed by atoms with E-state index in [4.69, 9.17) is 17.0 Å². The van der Waals surface area contributed by atoms with Crippen LogP contribution in [0.25, 0.3) is 0 Å². The Hall–Kier alpha value is -2.45. The second kappa shape index (κ2) is 12.4. The molecule has 0 aliphatic rings. The average Bonchev–Trinajstić information content (AvgIpc) is 2.75. The van der Waals surface area contributed by atoms with Crippen LogP contribution >= 0.6 is 28.1 Å². The molecular weight excluding hydrogens is 478 g/mol. The maximum absolute atomic E-state index is 12.7. The van der Waals surface area contributed by atoms with E-state index >= 15 is 0 Å². The summed E-state index contributed by atoms with van der Waals surface area (Å²) in [5.74, 6) is 0.130. The van der Waals surface area contributed by atoms with Crippen LogP contribution in [-0.2, 0) is 0 Å². The summed E-state index contributed by atoms with van der Waals surface area (Å²) in [6.45, 7) is 7.90. The van der Waals surface area contributed by atoms with Gasteiger partial charge in [0, 0.05) is 28.8 Å². The van der Waals surface area contributed by atoms with E-state index in [1.807, 2.05) is 17.9 Å². The van der Waals surface area contributed by atoms with Crippen molar-refractivity contribution in [2.24, 2.45) is 0 Å². The Kier molecular flexibility index (Phi) is 9.94. The lowest BCUT2D eigenvalue weighted by molar-refractivity contribution is 0.0755. The molecule has 2 amide bonds. The highest BCUT2D eigenvalue weighted by atomic mass is 79.9. The van der Waals surface area contributed by atoms with Crippen LogP contribution in [0.4, 0.5) is 5.69 Å². The van der Waals surface area contributed by atoms with Gasteiger partial charge in [-0.3, -0.25) is 14.9 Å². The molecule has 0 fully saturated rings. The quantitative estimate of drug-likeness (QED) is 0.456. The molecule has 31 heavy (non-hydrogen) atoms. The van der Waals surface area contributed by atoms with E-state index in [9.17, 15) is 9.59 Å². The Labute approximate surface area is 197 Å². The van der Waals surface area contributed by atoms with Gasteiger partial charge in [0.25, 0.3) is 11.8 Å². The zero-order valence-electron chi connectivity index (χ0n) is 18.0. The molecule has 0 aliphatic heterocycles. The second-order valence-corrected chi connectivity index (χ2v) is 8.18. The van der Waals surface area contributed by atoms with Gasteiger partial charge in [0.1, 0.15) is 5.75 Å². The number of rotatable bonds is 9. The molecule has 2 rings (SSSR count). The third kappa shape index (κ3) is 7.33. The summed E-state index contributed by atoms with van der Waals surface area (Å²) in [6.07, 6.45) is 1.84. The summed E-state index contributed by atoms with van der Waals surface area (Å²) in [6, 6.07) is 12.3. The highest BCUT2D eigenvalue weighted by Gasteiger charge is 2.16. The van der Waals surface area contributed by atoms with Gasteiger partial charge in [0.05, 0.1) is 12.2 Å². The maximum atomic E-state index is 12.7. The molecule has 2 aromatic rings. The van der Waals surface area contributed by atoms with Crippen LogP contribution in [0.3, 0.4) is 0 Å². The predicted molar refractivity (Wildman–Crippen MR) is 132 cm³/mol. The summed E-state index contributed by atoms with van der Waals surface area (Å²) in [4.78, 5) is 27.2. The first-order chi connectivity index (χ1) is 14.9. The summed E-state index contributed by atoms with van der Waals surface area (Å²) in [5.41, 5.74) is 1.69. The molecule has 0 aromatic heterocycles. The van der Waals surface area contributed by atoms with Crippen LogP contribution in [0.5, 0.6) is 5.75 Å². The topological polar surface area (TPSA) is 70.7 Å². The minimum Gasteiger partial charge on any atom is -0.493 e. The molecule has 0 heterocycles. The maximum Gasteiger partial charge on any atom is 0.261 e. The van der Waals surface area contributed by atoms with Crippen molar-refractivity contribution in [1.82, 2.24) is 10.2 Å². The third-order valence-corrected chi connectivity index (χ3v) is 5.07. The van der Waals surface area contributed by atoms with Crippen LogP contribution in [0.2, 0.25) is 0 Å². The highest BCUT2D eigenvalue weighted by Crippen LogP contribution is 2.23. The van der Waals surface area contributed by atoms with Crippen molar-refractivity contribution >= 4 is 50.8 Å². The van der Waals surface area contributed by atoms with E-state index in [0.717, 1.165) is 30.4 Å². The molecule has 0 bridgehead atoms. The molecule has 0 aliphatic carbocycles. The van der Waals surface area contributed by atoms with E-state index in [2.05, 4.69) is 40.4 Å². The molecule has 6 nitrogen and oxygen atoms in total. The van der Waals surface area contributed by atoms with Gasteiger partial charge >= 0.3 is 0 Å². The first kappa shape index (κ1) is 24.8. The van der Waals surface area contributed by atoms with Gasteiger partial charge in [0.15, 0.2) is 5.11 Å². The van der Waals surface area contributed by atoms with Gasteiger partial charge in [-0.1, -0.05) is 29.8 Å². The summed E-state index contributed by atoms with van der Waals surface area (Å²) in [5, 5.41) is 5.80. The van der Waals surface area contributed by atoms with Crippen molar-refractivity contribution in [3.63, 3.8) is 0 Å². The first-order valence-electron chi connectivity index (χ1n) is 10.3. The number of hydrogen-bond acceptors (Lipinski definition) is 4. The summed E-state index contributed by atoms with van der Waals surface area (Å²) < 4.78 is 6.29. The Balaban J connectivity index is 2.02. The fourth-order valence-electron chi connectivity index (χ4n) is 3.03. The number of carbonyl (C=O) groups excluding carboxylic acids is 2. The van der Waals surface area contributed by atoms with Crippen molar-refractivity contribution < 1.29 is 14.3 Å². The Morgan fingerprint density at radius 1 is 1.03 bits per heavy atom. The van der Waals surface area contributed by atoms with E-state index in [1.165, 1.54) is 0 Å². The molecule has 0 spiro atoms. The van der Waals surface area contributed by atoms with Crippen molar-refractivity contribution in [3.05, 3.63) is 58.1 Å². The smallest absolute Gasteiger partial charge is 0.261 e. The first-order valence-corrected chi connectivity index (χ1v) is 11.5.